The van der Waals surface area contributed by atoms with Crippen LogP contribution in [0.1, 0.15) is 33.1 Å². The Kier molecular flexibility index (Phi) is 4.11. The summed E-state index contributed by atoms with van der Waals surface area (Å²) in [5.74, 6) is -0.450. The van der Waals surface area contributed by atoms with Gasteiger partial charge in [0.25, 0.3) is 0 Å². The van der Waals surface area contributed by atoms with Crippen molar-refractivity contribution in [2.75, 3.05) is 13.2 Å². The molecule has 0 heterocycles. The molecule has 1 aliphatic rings. The highest BCUT2D eigenvalue weighted by Gasteiger charge is 2.45. The third-order valence-corrected chi connectivity index (χ3v) is 3.42. The Balaban J connectivity index is 2.61. The first-order valence-corrected chi connectivity index (χ1v) is 5.48. The average molecular weight is 216 g/mol. The summed E-state index contributed by atoms with van der Waals surface area (Å²) >= 11 is 0. The van der Waals surface area contributed by atoms with Gasteiger partial charge in [0.05, 0.1) is 19.1 Å². The summed E-state index contributed by atoms with van der Waals surface area (Å²) < 4.78 is 4.89. The topological polar surface area (TPSA) is 66.8 Å². The van der Waals surface area contributed by atoms with E-state index in [9.17, 15) is 15.0 Å². The van der Waals surface area contributed by atoms with Crippen LogP contribution in [0.3, 0.4) is 0 Å². The van der Waals surface area contributed by atoms with Gasteiger partial charge in [-0.05, 0) is 25.2 Å². The second-order valence-corrected chi connectivity index (χ2v) is 4.53. The molecule has 4 nitrogen and oxygen atoms in total. The van der Waals surface area contributed by atoms with Gasteiger partial charge in [-0.25, -0.2) is 0 Å². The van der Waals surface area contributed by atoms with Crippen molar-refractivity contribution in [3.63, 3.8) is 0 Å². The molecule has 0 aromatic rings. The molecule has 15 heavy (non-hydrogen) atoms. The van der Waals surface area contributed by atoms with Gasteiger partial charge in [-0.2, -0.15) is 0 Å². The minimum Gasteiger partial charge on any atom is -0.466 e. The standard InChI is InChI=1S/C11H20O4/c1-3-15-10(14)6-11(2)5-4-9(13)8(11)7-12/h8-9,12-13H,3-7H2,1-2H3/t8-,9?,11+/m1/s1. The molecule has 0 bridgehead atoms. The van der Waals surface area contributed by atoms with E-state index < -0.39 is 6.10 Å². The lowest BCUT2D eigenvalue weighted by Crippen LogP contribution is -2.33. The van der Waals surface area contributed by atoms with Gasteiger partial charge in [0.1, 0.15) is 0 Å². The number of rotatable bonds is 4. The molecule has 88 valence electrons. The molecule has 0 radical (unpaired) electrons. The number of aliphatic hydroxyl groups excluding tert-OH is 2. The fourth-order valence-electron chi connectivity index (χ4n) is 2.43. The lowest BCUT2D eigenvalue weighted by atomic mass is 9.77. The first kappa shape index (κ1) is 12.5. The zero-order valence-corrected chi connectivity index (χ0v) is 9.40. The van der Waals surface area contributed by atoms with E-state index in [1.54, 1.807) is 6.92 Å². The van der Waals surface area contributed by atoms with Gasteiger partial charge in [-0.3, -0.25) is 4.79 Å². The van der Waals surface area contributed by atoms with Gasteiger partial charge in [-0.15, -0.1) is 0 Å². The highest BCUT2D eigenvalue weighted by Crippen LogP contribution is 2.45. The van der Waals surface area contributed by atoms with Crippen LogP contribution in [0.15, 0.2) is 0 Å². The van der Waals surface area contributed by atoms with Crippen LogP contribution in [0.4, 0.5) is 0 Å². The van der Waals surface area contributed by atoms with Crippen LogP contribution >= 0.6 is 0 Å². The zero-order chi connectivity index (χ0) is 11.5. The summed E-state index contributed by atoms with van der Waals surface area (Å²) in [7, 11) is 0. The van der Waals surface area contributed by atoms with Gasteiger partial charge < -0.3 is 14.9 Å². The predicted octanol–water partition coefficient (Wildman–Crippen LogP) is 0.709. The van der Waals surface area contributed by atoms with Gasteiger partial charge >= 0.3 is 5.97 Å². The number of aliphatic hydroxyl groups is 2. The molecule has 0 spiro atoms. The lowest BCUT2D eigenvalue weighted by molar-refractivity contribution is -0.146. The molecule has 1 saturated carbocycles. The predicted molar refractivity (Wildman–Crippen MR) is 55.2 cm³/mol. The van der Waals surface area contributed by atoms with Crippen LogP contribution in [-0.2, 0) is 9.53 Å². The van der Waals surface area contributed by atoms with Crippen LogP contribution in [0, 0.1) is 11.3 Å². The first-order chi connectivity index (χ1) is 7.03. The summed E-state index contributed by atoms with van der Waals surface area (Å²) in [6.07, 6.45) is 1.21. The molecule has 1 aliphatic carbocycles. The smallest absolute Gasteiger partial charge is 0.306 e. The molecule has 0 amide bonds. The Morgan fingerprint density at radius 1 is 1.60 bits per heavy atom. The van der Waals surface area contributed by atoms with E-state index in [-0.39, 0.29) is 30.3 Å². The normalized spacial score (nSPS) is 35.5. The van der Waals surface area contributed by atoms with Crippen molar-refractivity contribution in [1.82, 2.24) is 0 Å². The van der Waals surface area contributed by atoms with Crippen molar-refractivity contribution < 1.29 is 19.7 Å². The number of esters is 1. The Hall–Kier alpha value is -0.610. The maximum Gasteiger partial charge on any atom is 0.306 e. The van der Waals surface area contributed by atoms with Crippen molar-refractivity contribution in [2.24, 2.45) is 11.3 Å². The van der Waals surface area contributed by atoms with Crippen LogP contribution in [0.25, 0.3) is 0 Å². The molecule has 0 aromatic carbocycles. The third kappa shape index (κ3) is 2.69. The van der Waals surface area contributed by atoms with E-state index in [0.717, 1.165) is 6.42 Å². The van der Waals surface area contributed by atoms with Crippen LogP contribution in [-0.4, -0.2) is 35.5 Å². The fourth-order valence-corrected chi connectivity index (χ4v) is 2.43. The molecular weight excluding hydrogens is 196 g/mol. The number of hydrogen-bond donors (Lipinski definition) is 2. The monoisotopic (exact) mass is 216 g/mol. The largest absolute Gasteiger partial charge is 0.466 e. The van der Waals surface area contributed by atoms with Gasteiger partial charge in [0.15, 0.2) is 0 Å². The Bertz CT molecular complexity index is 229. The van der Waals surface area contributed by atoms with Crippen molar-refractivity contribution in [3.8, 4) is 0 Å². The summed E-state index contributed by atoms with van der Waals surface area (Å²) in [6.45, 7) is 4.01. The quantitative estimate of drug-likeness (QED) is 0.679. The summed E-state index contributed by atoms with van der Waals surface area (Å²) in [5, 5.41) is 18.9. The first-order valence-electron chi connectivity index (χ1n) is 5.48. The molecule has 2 N–H and O–H groups in total. The molecule has 0 saturated heterocycles. The fraction of sp³-hybridized carbons (Fsp3) is 0.909. The Morgan fingerprint density at radius 3 is 2.80 bits per heavy atom. The van der Waals surface area contributed by atoms with Crippen molar-refractivity contribution in [3.05, 3.63) is 0 Å². The number of carbonyl (C=O) groups is 1. The number of hydrogen-bond acceptors (Lipinski definition) is 4. The second kappa shape index (κ2) is 4.94. The van der Waals surface area contributed by atoms with E-state index >= 15 is 0 Å². The van der Waals surface area contributed by atoms with E-state index in [1.165, 1.54) is 0 Å². The maximum absolute atomic E-state index is 11.4. The lowest BCUT2D eigenvalue weighted by Gasteiger charge is -2.30. The van der Waals surface area contributed by atoms with Gasteiger partial charge in [0.2, 0.25) is 0 Å². The van der Waals surface area contributed by atoms with E-state index in [0.29, 0.717) is 13.0 Å². The molecular formula is C11H20O4. The van der Waals surface area contributed by atoms with Crippen LogP contribution in [0.2, 0.25) is 0 Å². The van der Waals surface area contributed by atoms with Crippen molar-refractivity contribution in [1.29, 1.82) is 0 Å². The van der Waals surface area contributed by atoms with E-state index in [1.807, 2.05) is 6.92 Å². The number of carbonyl (C=O) groups excluding carboxylic acids is 1. The van der Waals surface area contributed by atoms with E-state index in [4.69, 9.17) is 4.74 Å². The molecule has 3 atom stereocenters. The zero-order valence-electron chi connectivity index (χ0n) is 9.40. The molecule has 0 aliphatic heterocycles. The second-order valence-electron chi connectivity index (χ2n) is 4.53. The minimum atomic E-state index is -0.491. The highest BCUT2D eigenvalue weighted by atomic mass is 16.5. The summed E-state index contributed by atoms with van der Waals surface area (Å²) in [6, 6.07) is 0. The Labute approximate surface area is 90.2 Å². The molecule has 1 unspecified atom stereocenters. The highest BCUT2D eigenvalue weighted by molar-refractivity contribution is 5.70. The van der Waals surface area contributed by atoms with Crippen molar-refractivity contribution >= 4 is 5.97 Å². The summed E-state index contributed by atoms with van der Waals surface area (Å²) in [4.78, 5) is 11.4. The molecule has 1 rings (SSSR count). The van der Waals surface area contributed by atoms with Gasteiger partial charge in [-0.1, -0.05) is 6.92 Å². The van der Waals surface area contributed by atoms with Crippen LogP contribution in [0.5, 0.6) is 0 Å². The maximum atomic E-state index is 11.4. The van der Waals surface area contributed by atoms with Crippen LogP contribution < -0.4 is 0 Å². The number of ether oxygens (including phenoxy) is 1. The molecule has 0 aromatic heterocycles. The summed E-state index contributed by atoms with van der Waals surface area (Å²) in [5.41, 5.74) is -0.319. The molecule has 4 heteroatoms. The molecule has 1 fully saturated rings. The SMILES string of the molecule is CCOC(=O)C[C@]1(C)CCC(O)[C@H]1CO. The van der Waals surface area contributed by atoms with Crippen molar-refractivity contribution in [2.45, 2.75) is 39.2 Å². The van der Waals surface area contributed by atoms with E-state index in [2.05, 4.69) is 0 Å². The average Bonchev–Trinajstić information content (AvgIpc) is 2.42. The minimum absolute atomic E-state index is 0.0723. The van der Waals surface area contributed by atoms with Gasteiger partial charge in [0, 0.05) is 12.5 Å². The Morgan fingerprint density at radius 2 is 2.27 bits per heavy atom. The third-order valence-electron chi connectivity index (χ3n) is 3.42.